The van der Waals surface area contributed by atoms with Crippen molar-refractivity contribution < 1.29 is 5.11 Å². The maximum atomic E-state index is 9.27. The van der Waals surface area contributed by atoms with E-state index in [9.17, 15) is 5.11 Å². The van der Waals surface area contributed by atoms with Crippen LogP contribution in [0.3, 0.4) is 0 Å². The lowest BCUT2D eigenvalue weighted by atomic mass is 9.57. The summed E-state index contributed by atoms with van der Waals surface area (Å²) < 4.78 is 0. The van der Waals surface area contributed by atoms with E-state index in [2.05, 4.69) is 27.7 Å². The maximum absolute atomic E-state index is 9.27. The molecule has 0 bridgehead atoms. The van der Waals surface area contributed by atoms with Crippen LogP contribution in [-0.2, 0) is 0 Å². The van der Waals surface area contributed by atoms with Gasteiger partial charge in [-0.25, -0.2) is 0 Å². The van der Waals surface area contributed by atoms with Crippen molar-refractivity contribution in [1.29, 1.82) is 0 Å². The molecule has 0 saturated heterocycles. The molecule has 0 spiro atoms. The molecule has 0 amide bonds. The molecule has 1 N–H and O–H groups in total. The summed E-state index contributed by atoms with van der Waals surface area (Å²) in [5.41, 5.74) is 1.15. The molecule has 3 aliphatic carbocycles. The van der Waals surface area contributed by atoms with Crippen LogP contribution in [0.25, 0.3) is 0 Å². The van der Waals surface area contributed by atoms with Crippen molar-refractivity contribution in [3.05, 3.63) is 0 Å². The van der Waals surface area contributed by atoms with Crippen LogP contribution in [0.4, 0.5) is 0 Å². The van der Waals surface area contributed by atoms with Crippen LogP contribution in [0.2, 0.25) is 0 Å². The van der Waals surface area contributed by atoms with Gasteiger partial charge in [0.2, 0.25) is 0 Å². The molecule has 0 aliphatic heterocycles. The van der Waals surface area contributed by atoms with Crippen molar-refractivity contribution in [3.63, 3.8) is 0 Å². The van der Waals surface area contributed by atoms with Crippen LogP contribution in [0.15, 0.2) is 0 Å². The Bertz CT molecular complexity index is 428. The molecule has 25 heavy (non-hydrogen) atoms. The van der Waals surface area contributed by atoms with Crippen LogP contribution >= 0.6 is 0 Å². The summed E-state index contributed by atoms with van der Waals surface area (Å²) in [6.07, 6.45) is 16.9. The molecule has 6 atom stereocenters. The van der Waals surface area contributed by atoms with E-state index >= 15 is 0 Å². The highest BCUT2D eigenvalue weighted by atomic mass is 16.2. The predicted molar refractivity (Wildman–Crippen MR) is 108 cm³/mol. The Morgan fingerprint density at radius 2 is 1.76 bits per heavy atom. The van der Waals surface area contributed by atoms with E-state index in [1.54, 1.807) is 0 Å². The van der Waals surface area contributed by atoms with Gasteiger partial charge in [-0.2, -0.15) is 0 Å². The largest absolute Gasteiger partial charge is 0.396 e. The van der Waals surface area contributed by atoms with Gasteiger partial charge in [-0.15, -0.1) is 0 Å². The lowest BCUT2D eigenvalue weighted by Crippen LogP contribution is -2.39. The molecule has 3 saturated carbocycles. The van der Waals surface area contributed by atoms with E-state index in [4.69, 9.17) is 0 Å². The first-order chi connectivity index (χ1) is 11.9. The molecule has 0 aromatic carbocycles. The van der Waals surface area contributed by atoms with Gasteiger partial charge in [0.25, 0.3) is 0 Å². The van der Waals surface area contributed by atoms with Crippen molar-refractivity contribution in [2.24, 2.45) is 40.4 Å². The molecule has 0 heterocycles. The minimum Gasteiger partial charge on any atom is -0.396 e. The first-order valence-electron chi connectivity index (χ1n) is 11.5. The molecule has 0 aromatic heterocycles. The van der Waals surface area contributed by atoms with Crippen molar-refractivity contribution >= 4 is 0 Å². The number of aliphatic hydroxyl groups is 1. The van der Waals surface area contributed by atoms with Gasteiger partial charge in [-0.3, -0.25) is 0 Å². The molecule has 3 rings (SSSR count). The highest BCUT2D eigenvalue weighted by Gasteiger charge is 2.51. The van der Waals surface area contributed by atoms with Gasteiger partial charge >= 0.3 is 0 Å². The third-order valence-electron chi connectivity index (χ3n) is 9.13. The van der Waals surface area contributed by atoms with E-state index in [1.807, 2.05) is 0 Å². The third-order valence-corrected chi connectivity index (χ3v) is 9.13. The zero-order chi connectivity index (χ0) is 18.1. The first kappa shape index (κ1) is 19.7. The van der Waals surface area contributed by atoms with Crippen LogP contribution in [-0.4, -0.2) is 11.7 Å². The number of aliphatic hydroxyl groups excluding tert-OH is 1. The van der Waals surface area contributed by atoms with Crippen LogP contribution in [0.5, 0.6) is 0 Å². The van der Waals surface area contributed by atoms with Crippen LogP contribution < -0.4 is 0 Å². The zero-order valence-corrected chi connectivity index (χ0v) is 17.5. The third kappa shape index (κ3) is 3.97. The molecular formula is C24H44O. The zero-order valence-electron chi connectivity index (χ0n) is 17.5. The smallest absolute Gasteiger partial charge is 0.0431 e. The van der Waals surface area contributed by atoms with Gasteiger partial charge in [-0.05, 0) is 91.8 Å². The number of hydrogen-bond acceptors (Lipinski definition) is 1. The second-order valence-corrected chi connectivity index (χ2v) is 11.0. The van der Waals surface area contributed by atoms with Gasteiger partial charge in [0.05, 0.1) is 0 Å². The van der Waals surface area contributed by atoms with Crippen LogP contribution in [0, 0.1) is 40.4 Å². The second kappa shape index (κ2) is 7.91. The Balaban J connectivity index is 1.65. The molecule has 3 aliphatic rings. The summed E-state index contributed by atoms with van der Waals surface area (Å²) in [4.78, 5) is 0. The topological polar surface area (TPSA) is 20.2 Å². The van der Waals surface area contributed by atoms with Gasteiger partial charge in [-0.1, -0.05) is 53.4 Å². The van der Waals surface area contributed by atoms with E-state index < -0.39 is 0 Å². The standard InChI is InChI=1S/C24H44O/c1-18(21-11-5-6-14-23(21,2)3)17-19-9-7-15-24(4)20(10-8-16-25)12-13-22(19)24/h18-22,25H,5-17H2,1-4H3/t18-,19?,20?,21?,22?,24?/m0/s1. The number of hydrogen-bond donors (Lipinski definition) is 1. The monoisotopic (exact) mass is 348 g/mol. The van der Waals surface area contributed by atoms with E-state index in [-0.39, 0.29) is 0 Å². The van der Waals surface area contributed by atoms with E-state index in [1.165, 1.54) is 70.6 Å². The van der Waals surface area contributed by atoms with Crippen molar-refractivity contribution in [1.82, 2.24) is 0 Å². The molecule has 0 radical (unpaired) electrons. The van der Waals surface area contributed by atoms with Crippen molar-refractivity contribution in [2.75, 3.05) is 6.61 Å². The lowest BCUT2D eigenvalue weighted by molar-refractivity contribution is 0.0151. The Labute approximate surface area is 157 Å². The Kier molecular flexibility index (Phi) is 6.24. The second-order valence-electron chi connectivity index (χ2n) is 11.0. The van der Waals surface area contributed by atoms with Gasteiger partial charge in [0, 0.05) is 6.61 Å². The Morgan fingerprint density at radius 3 is 2.48 bits per heavy atom. The average Bonchev–Trinajstić information content (AvgIpc) is 2.89. The molecule has 1 heteroatoms. The summed E-state index contributed by atoms with van der Waals surface area (Å²) in [6.45, 7) is 10.7. The Hall–Kier alpha value is -0.0400. The SMILES string of the molecule is C[C@@H](CC1CCCC2(C)C(CCCO)CCC12)C1CCCCC1(C)C. The fraction of sp³-hybridized carbons (Fsp3) is 1.00. The summed E-state index contributed by atoms with van der Waals surface area (Å²) >= 11 is 0. The normalized spacial score (nSPS) is 42.1. The molecule has 0 aromatic rings. The summed E-state index contributed by atoms with van der Waals surface area (Å²) in [6, 6.07) is 0. The highest BCUT2D eigenvalue weighted by Crippen LogP contribution is 2.60. The number of fused-ring (bicyclic) bond motifs is 1. The van der Waals surface area contributed by atoms with Crippen molar-refractivity contribution in [3.8, 4) is 0 Å². The van der Waals surface area contributed by atoms with Gasteiger partial charge < -0.3 is 5.11 Å². The summed E-state index contributed by atoms with van der Waals surface area (Å²) in [7, 11) is 0. The molecular weight excluding hydrogens is 304 g/mol. The van der Waals surface area contributed by atoms with Gasteiger partial charge in [0.1, 0.15) is 0 Å². The average molecular weight is 349 g/mol. The molecule has 3 fully saturated rings. The van der Waals surface area contributed by atoms with E-state index in [0.29, 0.717) is 17.4 Å². The van der Waals surface area contributed by atoms with Gasteiger partial charge in [0.15, 0.2) is 0 Å². The summed E-state index contributed by atoms with van der Waals surface area (Å²) in [5, 5.41) is 9.27. The fourth-order valence-electron chi connectivity index (χ4n) is 7.76. The fourth-order valence-corrected chi connectivity index (χ4v) is 7.76. The van der Waals surface area contributed by atoms with Crippen LogP contribution in [0.1, 0.15) is 105 Å². The minimum absolute atomic E-state index is 0.383. The molecule has 5 unspecified atom stereocenters. The predicted octanol–water partition coefficient (Wildman–Crippen LogP) is 6.83. The number of rotatable bonds is 6. The summed E-state index contributed by atoms with van der Waals surface area (Å²) in [5.74, 6) is 4.68. The maximum Gasteiger partial charge on any atom is 0.0431 e. The molecule has 146 valence electrons. The van der Waals surface area contributed by atoms with Crippen molar-refractivity contribution in [2.45, 2.75) is 105 Å². The highest BCUT2D eigenvalue weighted by molar-refractivity contribution is 5.00. The first-order valence-corrected chi connectivity index (χ1v) is 11.5. The lowest BCUT2D eigenvalue weighted by Gasteiger charge is -2.48. The minimum atomic E-state index is 0.383. The van der Waals surface area contributed by atoms with E-state index in [0.717, 1.165) is 36.0 Å². The Morgan fingerprint density at radius 1 is 0.960 bits per heavy atom. The molecule has 1 nitrogen and oxygen atoms in total. The quantitative estimate of drug-likeness (QED) is 0.557.